The molecule has 0 aromatic heterocycles. The Labute approximate surface area is 108 Å². The van der Waals surface area contributed by atoms with E-state index in [1.807, 2.05) is 38.1 Å². The van der Waals surface area contributed by atoms with Gasteiger partial charge >= 0.3 is 5.97 Å². The number of methoxy groups -OCH3 is 1. The molecular formula is C14H21NO3. The van der Waals surface area contributed by atoms with Gasteiger partial charge in [0.2, 0.25) is 0 Å². The molecule has 0 amide bonds. The summed E-state index contributed by atoms with van der Waals surface area (Å²) in [5.41, 5.74) is 0.165. The Kier molecular flexibility index (Phi) is 5.01. The van der Waals surface area contributed by atoms with Crippen molar-refractivity contribution in [3.05, 3.63) is 24.3 Å². The lowest BCUT2D eigenvalue weighted by molar-refractivity contribution is -0.148. The van der Waals surface area contributed by atoms with Crippen molar-refractivity contribution in [2.45, 2.75) is 32.7 Å². The minimum Gasteiger partial charge on any atom is -0.497 e. The van der Waals surface area contributed by atoms with Crippen LogP contribution in [0.5, 0.6) is 5.75 Å². The lowest BCUT2D eigenvalue weighted by Gasteiger charge is -2.28. The number of carbonyl (C=O) groups excluding carboxylic acids is 1. The molecule has 4 nitrogen and oxygen atoms in total. The second-order valence-corrected chi connectivity index (χ2v) is 4.26. The number of hydrogen-bond donors (Lipinski definition) is 1. The maximum Gasteiger partial charge on any atom is 0.331 e. The van der Waals surface area contributed by atoms with Gasteiger partial charge in [-0.25, -0.2) is 4.79 Å². The van der Waals surface area contributed by atoms with Crippen LogP contribution in [0.25, 0.3) is 0 Å². The van der Waals surface area contributed by atoms with Gasteiger partial charge in [0.1, 0.15) is 11.3 Å². The van der Waals surface area contributed by atoms with E-state index >= 15 is 0 Å². The van der Waals surface area contributed by atoms with E-state index < -0.39 is 5.54 Å². The average Bonchev–Trinajstić information content (AvgIpc) is 2.39. The molecule has 0 saturated heterocycles. The van der Waals surface area contributed by atoms with Crippen molar-refractivity contribution in [2.24, 2.45) is 0 Å². The summed E-state index contributed by atoms with van der Waals surface area (Å²) in [6, 6.07) is 7.46. The quantitative estimate of drug-likeness (QED) is 0.790. The van der Waals surface area contributed by atoms with Gasteiger partial charge in [-0.15, -0.1) is 0 Å². The fourth-order valence-corrected chi connectivity index (χ4v) is 1.57. The zero-order valence-corrected chi connectivity index (χ0v) is 11.4. The molecule has 0 saturated carbocycles. The number of hydrogen-bond acceptors (Lipinski definition) is 4. The van der Waals surface area contributed by atoms with E-state index in [0.29, 0.717) is 13.0 Å². The highest BCUT2D eigenvalue weighted by Crippen LogP contribution is 2.22. The third kappa shape index (κ3) is 3.39. The summed E-state index contributed by atoms with van der Waals surface area (Å²) in [6.07, 6.45) is 0.651. The van der Waals surface area contributed by atoms with Gasteiger partial charge < -0.3 is 14.8 Å². The van der Waals surface area contributed by atoms with E-state index in [2.05, 4.69) is 5.32 Å². The molecule has 4 heteroatoms. The van der Waals surface area contributed by atoms with Crippen molar-refractivity contribution in [1.82, 2.24) is 0 Å². The lowest BCUT2D eigenvalue weighted by Crippen LogP contribution is -2.44. The first-order chi connectivity index (χ1) is 8.55. The highest BCUT2D eigenvalue weighted by molar-refractivity contribution is 5.84. The van der Waals surface area contributed by atoms with Gasteiger partial charge in [0.05, 0.1) is 13.7 Å². The van der Waals surface area contributed by atoms with Crippen molar-refractivity contribution in [2.75, 3.05) is 19.0 Å². The van der Waals surface area contributed by atoms with Crippen LogP contribution in [0, 0.1) is 0 Å². The number of benzene rings is 1. The van der Waals surface area contributed by atoms with Crippen LogP contribution in [-0.2, 0) is 9.53 Å². The summed E-state index contributed by atoms with van der Waals surface area (Å²) in [6.45, 7) is 5.99. The largest absolute Gasteiger partial charge is 0.497 e. The number of esters is 1. The van der Waals surface area contributed by atoms with Gasteiger partial charge in [-0.05, 0) is 44.5 Å². The number of ether oxygens (including phenoxy) is 2. The lowest BCUT2D eigenvalue weighted by atomic mass is 9.98. The average molecular weight is 251 g/mol. The molecule has 100 valence electrons. The van der Waals surface area contributed by atoms with Crippen LogP contribution in [0.1, 0.15) is 27.2 Å². The van der Waals surface area contributed by atoms with Crippen LogP contribution < -0.4 is 10.1 Å². The zero-order chi connectivity index (χ0) is 13.6. The van der Waals surface area contributed by atoms with Gasteiger partial charge in [0.15, 0.2) is 0 Å². The van der Waals surface area contributed by atoms with Crippen LogP contribution in [0.15, 0.2) is 24.3 Å². The number of anilines is 1. The molecule has 0 fully saturated rings. The summed E-state index contributed by atoms with van der Waals surface area (Å²) in [4.78, 5) is 11.9. The first kappa shape index (κ1) is 14.4. The molecule has 1 unspecified atom stereocenters. The minimum absolute atomic E-state index is 0.233. The molecule has 18 heavy (non-hydrogen) atoms. The number of rotatable bonds is 6. The molecular weight excluding hydrogens is 230 g/mol. The van der Waals surface area contributed by atoms with Crippen LogP contribution in [0.3, 0.4) is 0 Å². The van der Waals surface area contributed by atoms with E-state index in [-0.39, 0.29) is 5.97 Å². The highest BCUT2D eigenvalue weighted by atomic mass is 16.5. The molecule has 1 N–H and O–H groups in total. The van der Waals surface area contributed by atoms with E-state index in [0.717, 1.165) is 11.4 Å². The second-order valence-electron chi connectivity index (χ2n) is 4.26. The summed E-state index contributed by atoms with van der Waals surface area (Å²) in [5.74, 6) is 0.554. The van der Waals surface area contributed by atoms with E-state index in [4.69, 9.17) is 9.47 Å². The molecule has 0 heterocycles. The summed E-state index contributed by atoms with van der Waals surface area (Å²) >= 11 is 0. The summed E-state index contributed by atoms with van der Waals surface area (Å²) in [7, 11) is 1.62. The van der Waals surface area contributed by atoms with E-state index in [1.165, 1.54) is 0 Å². The maximum absolute atomic E-state index is 11.9. The predicted molar refractivity (Wildman–Crippen MR) is 71.9 cm³/mol. The van der Waals surface area contributed by atoms with Gasteiger partial charge in [-0.2, -0.15) is 0 Å². The highest BCUT2D eigenvalue weighted by Gasteiger charge is 2.32. The Morgan fingerprint density at radius 3 is 2.33 bits per heavy atom. The van der Waals surface area contributed by atoms with E-state index in [9.17, 15) is 4.79 Å². The fraction of sp³-hybridized carbons (Fsp3) is 0.500. The Morgan fingerprint density at radius 1 is 1.28 bits per heavy atom. The summed E-state index contributed by atoms with van der Waals surface area (Å²) < 4.78 is 10.2. The third-order valence-electron chi connectivity index (χ3n) is 2.94. The summed E-state index contributed by atoms with van der Waals surface area (Å²) in [5, 5.41) is 3.21. The van der Waals surface area contributed by atoms with Crippen molar-refractivity contribution in [1.29, 1.82) is 0 Å². The first-order valence-electron chi connectivity index (χ1n) is 6.15. The van der Waals surface area contributed by atoms with Crippen LogP contribution in [0.4, 0.5) is 5.69 Å². The smallest absolute Gasteiger partial charge is 0.331 e. The second kappa shape index (κ2) is 6.28. The van der Waals surface area contributed by atoms with Gasteiger partial charge in [-0.1, -0.05) is 6.92 Å². The zero-order valence-electron chi connectivity index (χ0n) is 11.4. The molecule has 0 aliphatic heterocycles. The molecule has 1 atom stereocenters. The SMILES string of the molecule is CCOC(=O)C(C)(CC)Nc1ccc(OC)cc1. The van der Waals surface area contributed by atoms with Crippen LogP contribution >= 0.6 is 0 Å². The van der Waals surface area contributed by atoms with Gasteiger partial charge in [0, 0.05) is 5.69 Å². The van der Waals surface area contributed by atoms with Crippen LogP contribution in [0.2, 0.25) is 0 Å². The molecule has 1 aromatic rings. The molecule has 0 aliphatic rings. The number of carbonyl (C=O) groups is 1. The van der Waals surface area contributed by atoms with E-state index in [1.54, 1.807) is 14.0 Å². The number of nitrogens with one attached hydrogen (secondary N) is 1. The first-order valence-corrected chi connectivity index (χ1v) is 6.15. The minimum atomic E-state index is -0.704. The normalized spacial score (nSPS) is 13.6. The monoisotopic (exact) mass is 251 g/mol. The Morgan fingerprint density at radius 2 is 1.89 bits per heavy atom. The molecule has 0 aliphatic carbocycles. The predicted octanol–water partition coefficient (Wildman–Crippen LogP) is 2.84. The standard InChI is InChI=1S/C14H21NO3/c1-5-14(3,13(16)18-6-2)15-11-7-9-12(17-4)10-8-11/h7-10,15H,5-6H2,1-4H3. The molecule has 0 radical (unpaired) electrons. The molecule has 1 aromatic carbocycles. The van der Waals surface area contributed by atoms with Crippen molar-refractivity contribution in [3.63, 3.8) is 0 Å². The molecule has 1 rings (SSSR count). The van der Waals surface area contributed by atoms with Crippen molar-refractivity contribution >= 4 is 11.7 Å². The Bertz CT molecular complexity index is 389. The Balaban J connectivity index is 2.80. The van der Waals surface area contributed by atoms with Gasteiger partial charge in [0.25, 0.3) is 0 Å². The fourth-order valence-electron chi connectivity index (χ4n) is 1.57. The maximum atomic E-state index is 11.9. The van der Waals surface area contributed by atoms with Crippen LogP contribution in [-0.4, -0.2) is 25.2 Å². The Hall–Kier alpha value is -1.71. The molecule has 0 bridgehead atoms. The van der Waals surface area contributed by atoms with Gasteiger partial charge in [-0.3, -0.25) is 0 Å². The van der Waals surface area contributed by atoms with Crippen molar-refractivity contribution in [3.8, 4) is 5.75 Å². The van der Waals surface area contributed by atoms with Crippen molar-refractivity contribution < 1.29 is 14.3 Å². The topological polar surface area (TPSA) is 47.6 Å². The molecule has 0 spiro atoms. The third-order valence-corrected chi connectivity index (χ3v) is 2.94.